The van der Waals surface area contributed by atoms with Gasteiger partial charge in [0, 0.05) is 32.4 Å². The summed E-state index contributed by atoms with van der Waals surface area (Å²) in [7, 11) is 1.35. The molecule has 0 atom stereocenters. The first kappa shape index (κ1) is 19.3. The number of ether oxygens (including phenoxy) is 1. The molecule has 0 N–H and O–H groups in total. The summed E-state index contributed by atoms with van der Waals surface area (Å²) >= 11 is 3.43. The van der Waals surface area contributed by atoms with E-state index in [1.165, 1.54) is 7.11 Å². The van der Waals surface area contributed by atoms with Gasteiger partial charge in [-0.3, -0.25) is 9.58 Å². The lowest BCUT2D eigenvalue weighted by Crippen LogP contribution is -2.33. The van der Waals surface area contributed by atoms with Gasteiger partial charge in [0.2, 0.25) is 0 Å². The standard InChI is InChI=1S/C18H21BrN6O2/c1-13-15(19)16(18(26)27-2)22-25(13)12-23-7-4-8-24(10-9-23)17-14(11-20)5-3-6-21-17/h3,5-6H,4,7-10,12H2,1-2H3. The van der Waals surface area contributed by atoms with Crippen LogP contribution in [0, 0.1) is 18.3 Å². The van der Waals surface area contributed by atoms with Gasteiger partial charge in [-0.05, 0) is 41.4 Å². The summed E-state index contributed by atoms with van der Waals surface area (Å²) in [6.07, 6.45) is 2.67. The number of anilines is 1. The Labute approximate surface area is 166 Å². The van der Waals surface area contributed by atoms with Gasteiger partial charge in [-0.25, -0.2) is 9.78 Å². The maximum absolute atomic E-state index is 11.8. The highest BCUT2D eigenvalue weighted by Gasteiger charge is 2.22. The molecule has 3 rings (SSSR count). The number of rotatable bonds is 4. The minimum Gasteiger partial charge on any atom is -0.464 e. The minimum absolute atomic E-state index is 0.290. The van der Waals surface area contributed by atoms with Gasteiger partial charge in [-0.1, -0.05) is 0 Å². The molecule has 0 amide bonds. The molecular weight excluding hydrogens is 412 g/mol. The third-order valence-electron chi connectivity index (χ3n) is 4.64. The molecule has 8 nitrogen and oxygen atoms in total. The van der Waals surface area contributed by atoms with Gasteiger partial charge in [0.1, 0.15) is 11.9 Å². The van der Waals surface area contributed by atoms with Crippen molar-refractivity contribution < 1.29 is 9.53 Å². The maximum atomic E-state index is 11.8. The molecule has 9 heteroatoms. The number of hydrogen-bond donors (Lipinski definition) is 0. The number of aromatic nitrogens is 3. The normalized spacial score (nSPS) is 15.3. The van der Waals surface area contributed by atoms with Crippen molar-refractivity contribution in [3.05, 3.63) is 39.8 Å². The second kappa shape index (κ2) is 8.50. The third kappa shape index (κ3) is 4.12. The first-order chi connectivity index (χ1) is 13.0. The number of carbonyl (C=O) groups is 1. The van der Waals surface area contributed by atoms with Gasteiger partial charge in [-0.15, -0.1) is 0 Å². The van der Waals surface area contributed by atoms with E-state index in [-0.39, 0.29) is 0 Å². The number of nitrogens with zero attached hydrogens (tertiary/aromatic N) is 6. The Kier molecular flexibility index (Phi) is 6.08. The summed E-state index contributed by atoms with van der Waals surface area (Å²) in [5.41, 5.74) is 1.77. The topological polar surface area (TPSA) is 87.3 Å². The number of nitriles is 1. The molecule has 0 bridgehead atoms. The van der Waals surface area contributed by atoms with E-state index in [1.807, 2.05) is 11.6 Å². The van der Waals surface area contributed by atoms with Crippen molar-refractivity contribution in [1.82, 2.24) is 19.7 Å². The lowest BCUT2D eigenvalue weighted by Gasteiger charge is -2.23. The van der Waals surface area contributed by atoms with E-state index in [0.717, 1.165) is 44.1 Å². The molecule has 142 valence electrons. The van der Waals surface area contributed by atoms with Crippen molar-refractivity contribution in [3.63, 3.8) is 0 Å². The second-order valence-electron chi connectivity index (χ2n) is 6.33. The van der Waals surface area contributed by atoms with Crippen LogP contribution in [0.4, 0.5) is 5.82 Å². The maximum Gasteiger partial charge on any atom is 0.359 e. The van der Waals surface area contributed by atoms with Crippen LogP contribution < -0.4 is 4.90 Å². The van der Waals surface area contributed by atoms with Crippen LogP contribution in [0.2, 0.25) is 0 Å². The lowest BCUT2D eigenvalue weighted by molar-refractivity contribution is 0.0591. The fourth-order valence-corrected chi connectivity index (χ4v) is 3.58. The van der Waals surface area contributed by atoms with E-state index in [4.69, 9.17) is 4.74 Å². The molecular formula is C18H21BrN6O2. The zero-order chi connectivity index (χ0) is 19.4. The summed E-state index contributed by atoms with van der Waals surface area (Å²) in [6, 6.07) is 5.79. The summed E-state index contributed by atoms with van der Waals surface area (Å²) in [4.78, 5) is 20.7. The van der Waals surface area contributed by atoms with E-state index in [2.05, 4.69) is 41.9 Å². The Balaban J connectivity index is 1.71. The fourth-order valence-electron chi connectivity index (χ4n) is 3.14. The summed E-state index contributed by atoms with van der Waals surface area (Å²) in [5.74, 6) is 0.290. The molecule has 1 aliphatic heterocycles. The Morgan fingerprint density at radius 1 is 1.37 bits per heavy atom. The number of halogens is 1. The predicted molar refractivity (Wildman–Crippen MR) is 103 cm³/mol. The number of carbonyl (C=O) groups excluding carboxylic acids is 1. The lowest BCUT2D eigenvalue weighted by atomic mass is 10.2. The molecule has 27 heavy (non-hydrogen) atoms. The van der Waals surface area contributed by atoms with E-state index >= 15 is 0 Å². The first-order valence-corrected chi connectivity index (χ1v) is 9.48. The molecule has 2 aromatic rings. The molecule has 0 unspecified atom stereocenters. The van der Waals surface area contributed by atoms with Crippen LogP contribution in [0.3, 0.4) is 0 Å². The Morgan fingerprint density at radius 3 is 2.93 bits per heavy atom. The molecule has 0 aliphatic carbocycles. The second-order valence-corrected chi connectivity index (χ2v) is 7.12. The van der Waals surface area contributed by atoms with Crippen molar-refractivity contribution in [2.45, 2.75) is 20.0 Å². The predicted octanol–water partition coefficient (Wildman–Crippen LogP) is 2.18. The summed E-state index contributed by atoms with van der Waals surface area (Å²) in [5, 5.41) is 13.7. The molecule has 1 saturated heterocycles. The summed E-state index contributed by atoms with van der Waals surface area (Å²) in [6.45, 7) is 5.83. The van der Waals surface area contributed by atoms with E-state index in [1.54, 1.807) is 18.3 Å². The molecule has 0 spiro atoms. The molecule has 1 aliphatic rings. The van der Waals surface area contributed by atoms with E-state index in [9.17, 15) is 10.1 Å². The minimum atomic E-state index is -0.454. The van der Waals surface area contributed by atoms with Crippen molar-refractivity contribution in [2.75, 3.05) is 38.2 Å². The van der Waals surface area contributed by atoms with Gasteiger partial charge in [0.05, 0.1) is 29.5 Å². The average molecular weight is 433 g/mol. The third-order valence-corrected chi connectivity index (χ3v) is 5.59. The van der Waals surface area contributed by atoms with Crippen LogP contribution in [-0.4, -0.2) is 58.9 Å². The first-order valence-electron chi connectivity index (χ1n) is 8.68. The van der Waals surface area contributed by atoms with Crippen LogP contribution in [0.1, 0.15) is 28.2 Å². The van der Waals surface area contributed by atoms with Crippen LogP contribution in [0.25, 0.3) is 0 Å². The van der Waals surface area contributed by atoms with Crippen molar-refractivity contribution in [3.8, 4) is 6.07 Å². The SMILES string of the molecule is COC(=O)c1nn(CN2CCCN(c3ncccc3C#N)CC2)c(C)c1Br. The van der Waals surface area contributed by atoms with Gasteiger partial charge in [-0.2, -0.15) is 10.4 Å². The molecule has 3 heterocycles. The zero-order valence-electron chi connectivity index (χ0n) is 15.4. The van der Waals surface area contributed by atoms with Gasteiger partial charge < -0.3 is 9.64 Å². The number of esters is 1. The van der Waals surface area contributed by atoms with Gasteiger partial charge >= 0.3 is 5.97 Å². The molecule has 0 aromatic carbocycles. The van der Waals surface area contributed by atoms with Crippen molar-refractivity contribution in [2.24, 2.45) is 0 Å². The smallest absolute Gasteiger partial charge is 0.359 e. The largest absolute Gasteiger partial charge is 0.464 e. The highest BCUT2D eigenvalue weighted by Crippen LogP contribution is 2.23. The molecule has 2 aromatic heterocycles. The monoisotopic (exact) mass is 432 g/mol. The van der Waals surface area contributed by atoms with Crippen LogP contribution in [0.5, 0.6) is 0 Å². The van der Waals surface area contributed by atoms with Crippen molar-refractivity contribution >= 4 is 27.7 Å². The van der Waals surface area contributed by atoms with Gasteiger partial charge in [0.15, 0.2) is 5.69 Å². The number of pyridine rings is 1. The van der Waals surface area contributed by atoms with E-state index < -0.39 is 5.97 Å². The molecule has 0 radical (unpaired) electrons. The van der Waals surface area contributed by atoms with Crippen LogP contribution in [-0.2, 0) is 11.4 Å². The number of hydrogen-bond acceptors (Lipinski definition) is 7. The molecule has 0 saturated carbocycles. The zero-order valence-corrected chi connectivity index (χ0v) is 16.9. The molecule has 1 fully saturated rings. The fraction of sp³-hybridized carbons (Fsp3) is 0.444. The van der Waals surface area contributed by atoms with Crippen LogP contribution >= 0.6 is 15.9 Å². The van der Waals surface area contributed by atoms with Gasteiger partial charge in [0.25, 0.3) is 0 Å². The average Bonchev–Trinajstić information content (AvgIpc) is 2.87. The summed E-state index contributed by atoms with van der Waals surface area (Å²) < 4.78 is 7.26. The van der Waals surface area contributed by atoms with E-state index in [0.29, 0.717) is 22.4 Å². The number of methoxy groups -OCH3 is 1. The highest BCUT2D eigenvalue weighted by molar-refractivity contribution is 9.10. The van der Waals surface area contributed by atoms with Crippen LogP contribution in [0.15, 0.2) is 22.8 Å². The van der Waals surface area contributed by atoms with Crippen molar-refractivity contribution in [1.29, 1.82) is 5.26 Å². The Morgan fingerprint density at radius 2 is 2.19 bits per heavy atom. The quantitative estimate of drug-likeness (QED) is 0.683. The highest BCUT2D eigenvalue weighted by atomic mass is 79.9. The Bertz CT molecular complexity index is 875. The Hall–Kier alpha value is -2.44.